The smallest absolute Gasteiger partial charge is 0.222 e. The number of hydrogen-bond acceptors (Lipinski definition) is 5. The molecule has 0 aliphatic carbocycles. The molecule has 1 aromatic heterocycles. The third-order valence-electron chi connectivity index (χ3n) is 2.97. The van der Waals surface area contributed by atoms with Crippen molar-refractivity contribution in [2.24, 2.45) is 0 Å². The van der Waals surface area contributed by atoms with Crippen molar-refractivity contribution in [3.8, 4) is 0 Å². The van der Waals surface area contributed by atoms with Crippen molar-refractivity contribution in [3.63, 3.8) is 0 Å². The Hall–Kier alpha value is -2.21. The molecule has 0 saturated carbocycles. The highest BCUT2D eigenvalue weighted by molar-refractivity contribution is 5.90. The van der Waals surface area contributed by atoms with Crippen LogP contribution in [0.3, 0.4) is 0 Å². The molecule has 0 radical (unpaired) electrons. The van der Waals surface area contributed by atoms with E-state index < -0.39 is 5.82 Å². The summed E-state index contributed by atoms with van der Waals surface area (Å²) in [5, 5.41) is 12.7. The average molecular weight is 276 g/mol. The molecule has 0 saturated heterocycles. The third-order valence-corrected chi connectivity index (χ3v) is 2.97. The van der Waals surface area contributed by atoms with Gasteiger partial charge in [-0.25, -0.2) is 9.37 Å². The van der Waals surface area contributed by atoms with Crippen LogP contribution in [-0.4, -0.2) is 27.7 Å². The van der Waals surface area contributed by atoms with Crippen molar-refractivity contribution >= 4 is 22.7 Å². The highest BCUT2D eigenvalue weighted by Crippen LogP contribution is 2.25. The van der Waals surface area contributed by atoms with E-state index in [1.54, 1.807) is 18.2 Å². The van der Waals surface area contributed by atoms with Gasteiger partial charge in [0.15, 0.2) is 0 Å². The molecule has 1 heterocycles. The minimum Gasteiger partial charge on any atom is -0.394 e. The van der Waals surface area contributed by atoms with E-state index in [4.69, 9.17) is 5.73 Å². The topological polar surface area (TPSA) is 84.1 Å². The molecule has 0 amide bonds. The van der Waals surface area contributed by atoms with Crippen molar-refractivity contribution in [1.82, 2.24) is 9.97 Å². The fourth-order valence-electron chi connectivity index (χ4n) is 1.99. The first-order valence-corrected chi connectivity index (χ1v) is 6.35. The van der Waals surface area contributed by atoms with Gasteiger partial charge in [0.2, 0.25) is 5.95 Å². The number of aliphatic hydroxyl groups excluding tert-OH is 1. The molecule has 2 aromatic rings. The quantitative estimate of drug-likeness (QED) is 0.704. The second-order valence-electron chi connectivity index (χ2n) is 4.45. The molecule has 106 valence electrons. The number of aromatic nitrogens is 2. The number of anilines is 2. The highest BCUT2D eigenvalue weighted by Gasteiger charge is 2.14. The van der Waals surface area contributed by atoms with E-state index >= 15 is 0 Å². The molecule has 1 aromatic carbocycles. The monoisotopic (exact) mass is 276 g/mol. The normalized spacial score (nSPS) is 12.3. The van der Waals surface area contributed by atoms with Crippen LogP contribution in [0.1, 0.15) is 12.8 Å². The standard InChI is InChI=1S/C14H17FN4O/c1-2-3-5-9(8-20)17-13-12-10(15)6-4-7-11(12)18-14(16)19-13/h2,4,6-7,9,20H,1,3,5,8H2,(H3,16,17,18,19)/t9-/m1/s1. The van der Waals surface area contributed by atoms with Crippen molar-refractivity contribution < 1.29 is 9.50 Å². The largest absolute Gasteiger partial charge is 0.394 e. The summed E-state index contributed by atoms with van der Waals surface area (Å²) in [7, 11) is 0. The molecular formula is C14H17FN4O. The number of halogens is 1. The predicted octanol–water partition coefficient (Wildman–Crippen LogP) is 2.09. The van der Waals surface area contributed by atoms with E-state index in [0.717, 1.165) is 6.42 Å². The molecule has 0 fully saturated rings. The second-order valence-corrected chi connectivity index (χ2v) is 4.45. The molecule has 0 spiro atoms. The van der Waals surface area contributed by atoms with Gasteiger partial charge in [-0.05, 0) is 25.0 Å². The van der Waals surface area contributed by atoms with Gasteiger partial charge in [-0.2, -0.15) is 4.98 Å². The average Bonchev–Trinajstić information content (AvgIpc) is 2.42. The Morgan fingerprint density at radius 3 is 2.95 bits per heavy atom. The molecule has 5 nitrogen and oxygen atoms in total. The third kappa shape index (κ3) is 3.03. The fraction of sp³-hybridized carbons (Fsp3) is 0.286. The lowest BCUT2D eigenvalue weighted by Gasteiger charge is -2.17. The van der Waals surface area contributed by atoms with Crippen LogP contribution in [0.2, 0.25) is 0 Å². The van der Waals surface area contributed by atoms with Crippen LogP contribution in [0.25, 0.3) is 10.9 Å². The number of aliphatic hydroxyl groups is 1. The number of allylic oxidation sites excluding steroid dienone is 1. The zero-order chi connectivity index (χ0) is 14.5. The van der Waals surface area contributed by atoms with Gasteiger partial charge in [0.25, 0.3) is 0 Å². The van der Waals surface area contributed by atoms with Gasteiger partial charge in [-0.1, -0.05) is 12.1 Å². The minimum absolute atomic E-state index is 0.0611. The van der Waals surface area contributed by atoms with Gasteiger partial charge < -0.3 is 16.2 Å². The zero-order valence-corrected chi connectivity index (χ0v) is 11.0. The second kappa shape index (κ2) is 6.29. The van der Waals surface area contributed by atoms with E-state index in [9.17, 15) is 9.50 Å². The van der Waals surface area contributed by atoms with E-state index in [-0.39, 0.29) is 24.0 Å². The SMILES string of the molecule is C=CCC[C@H](CO)Nc1nc(N)nc2cccc(F)c12. The molecule has 0 unspecified atom stereocenters. The summed E-state index contributed by atoms with van der Waals surface area (Å²) in [4.78, 5) is 8.04. The first kappa shape index (κ1) is 14.2. The summed E-state index contributed by atoms with van der Waals surface area (Å²) in [6.07, 6.45) is 3.16. The zero-order valence-electron chi connectivity index (χ0n) is 11.0. The van der Waals surface area contributed by atoms with E-state index in [0.29, 0.717) is 17.8 Å². The van der Waals surface area contributed by atoms with Gasteiger partial charge in [0, 0.05) is 0 Å². The lowest BCUT2D eigenvalue weighted by Crippen LogP contribution is -2.24. The van der Waals surface area contributed by atoms with Crippen LogP contribution < -0.4 is 11.1 Å². The number of nitrogens with one attached hydrogen (secondary N) is 1. The molecule has 20 heavy (non-hydrogen) atoms. The van der Waals surface area contributed by atoms with Crippen molar-refractivity contribution in [1.29, 1.82) is 0 Å². The summed E-state index contributed by atoms with van der Waals surface area (Å²) < 4.78 is 13.9. The summed E-state index contributed by atoms with van der Waals surface area (Å²) >= 11 is 0. The number of benzene rings is 1. The van der Waals surface area contributed by atoms with Gasteiger partial charge in [-0.3, -0.25) is 0 Å². The number of rotatable bonds is 6. The van der Waals surface area contributed by atoms with Crippen LogP contribution in [0, 0.1) is 5.82 Å². The molecular weight excluding hydrogens is 259 g/mol. The van der Waals surface area contributed by atoms with Crippen molar-refractivity contribution in [3.05, 3.63) is 36.7 Å². The maximum atomic E-state index is 13.9. The lowest BCUT2D eigenvalue weighted by atomic mass is 10.1. The molecule has 0 aliphatic rings. The number of nitrogen functional groups attached to an aromatic ring is 1. The first-order chi connectivity index (χ1) is 9.65. The summed E-state index contributed by atoms with van der Waals surface area (Å²) in [5.74, 6) is -0.0647. The van der Waals surface area contributed by atoms with Gasteiger partial charge in [0.05, 0.1) is 23.6 Å². The molecule has 6 heteroatoms. The fourth-order valence-corrected chi connectivity index (χ4v) is 1.99. The first-order valence-electron chi connectivity index (χ1n) is 6.35. The van der Waals surface area contributed by atoms with Gasteiger partial charge in [-0.15, -0.1) is 6.58 Å². The van der Waals surface area contributed by atoms with Crippen LogP contribution >= 0.6 is 0 Å². The Morgan fingerprint density at radius 1 is 1.45 bits per heavy atom. The Kier molecular flexibility index (Phi) is 4.47. The predicted molar refractivity (Wildman–Crippen MR) is 77.8 cm³/mol. The summed E-state index contributed by atoms with van der Waals surface area (Å²) in [6.45, 7) is 3.55. The van der Waals surface area contributed by atoms with E-state index in [1.807, 2.05) is 0 Å². The van der Waals surface area contributed by atoms with Gasteiger partial charge >= 0.3 is 0 Å². The Balaban J connectivity index is 2.39. The van der Waals surface area contributed by atoms with Crippen LogP contribution in [0.4, 0.5) is 16.2 Å². The minimum atomic E-state index is -0.426. The Labute approximate surface area is 116 Å². The highest BCUT2D eigenvalue weighted by atomic mass is 19.1. The number of hydrogen-bond donors (Lipinski definition) is 3. The van der Waals surface area contributed by atoms with Gasteiger partial charge in [0.1, 0.15) is 11.6 Å². The lowest BCUT2D eigenvalue weighted by molar-refractivity contribution is 0.269. The molecule has 4 N–H and O–H groups in total. The van der Waals surface area contributed by atoms with Crippen molar-refractivity contribution in [2.75, 3.05) is 17.7 Å². The Bertz CT molecular complexity index is 617. The van der Waals surface area contributed by atoms with E-state index in [1.165, 1.54) is 6.07 Å². The Morgan fingerprint density at radius 2 is 2.25 bits per heavy atom. The maximum absolute atomic E-state index is 13.9. The molecule has 1 atom stereocenters. The van der Waals surface area contributed by atoms with E-state index in [2.05, 4.69) is 21.9 Å². The number of nitrogens with zero attached hydrogens (tertiary/aromatic N) is 2. The van der Waals surface area contributed by atoms with Crippen LogP contribution in [0.15, 0.2) is 30.9 Å². The maximum Gasteiger partial charge on any atom is 0.222 e. The van der Waals surface area contributed by atoms with Crippen LogP contribution in [-0.2, 0) is 0 Å². The van der Waals surface area contributed by atoms with Crippen molar-refractivity contribution in [2.45, 2.75) is 18.9 Å². The van der Waals surface area contributed by atoms with Crippen LogP contribution in [0.5, 0.6) is 0 Å². The number of nitrogens with two attached hydrogens (primary N) is 1. The molecule has 2 rings (SSSR count). The number of fused-ring (bicyclic) bond motifs is 1. The molecule has 0 aliphatic heterocycles. The summed E-state index contributed by atoms with van der Waals surface area (Å²) in [5.41, 5.74) is 6.06. The molecule has 0 bridgehead atoms. The summed E-state index contributed by atoms with van der Waals surface area (Å²) in [6, 6.07) is 4.32.